The van der Waals surface area contributed by atoms with Crippen molar-refractivity contribution in [3.8, 4) is 16.8 Å². The standard InChI is InChI=1S/C20H15F2N5O2/c1-12(19-3-2-6-29-19)24-20(28)14-7-13(17-5-4-15(21)10-18(17)22)8-16(9-14)27-11-23-25-26-27/h2-12H,1H3,(H,24,28). The van der Waals surface area contributed by atoms with Crippen LogP contribution in [0.5, 0.6) is 0 Å². The Hall–Kier alpha value is -3.88. The minimum Gasteiger partial charge on any atom is -0.467 e. The SMILES string of the molecule is CC(NC(=O)c1cc(-c2ccc(F)cc2F)cc(-n2cnnn2)c1)c1ccco1. The quantitative estimate of drug-likeness (QED) is 0.557. The summed E-state index contributed by atoms with van der Waals surface area (Å²) in [6, 6.07) is 11.1. The van der Waals surface area contributed by atoms with Gasteiger partial charge in [0.25, 0.3) is 5.91 Å². The summed E-state index contributed by atoms with van der Waals surface area (Å²) in [6.07, 6.45) is 2.87. The zero-order valence-corrected chi connectivity index (χ0v) is 15.2. The van der Waals surface area contributed by atoms with E-state index in [9.17, 15) is 13.6 Å². The molecule has 1 atom stereocenters. The van der Waals surface area contributed by atoms with Crippen LogP contribution in [-0.2, 0) is 0 Å². The molecule has 0 bridgehead atoms. The lowest BCUT2D eigenvalue weighted by atomic mass is 10.0. The van der Waals surface area contributed by atoms with E-state index in [0.29, 0.717) is 17.0 Å². The maximum atomic E-state index is 14.3. The molecule has 2 heterocycles. The van der Waals surface area contributed by atoms with Crippen LogP contribution < -0.4 is 5.32 Å². The van der Waals surface area contributed by atoms with Crippen LogP contribution in [0.4, 0.5) is 8.78 Å². The van der Waals surface area contributed by atoms with Gasteiger partial charge in [0.2, 0.25) is 0 Å². The number of halogens is 2. The number of furan rings is 1. The van der Waals surface area contributed by atoms with Crippen molar-refractivity contribution in [1.29, 1.82) is 0 Å². The fourth-order valence-electron chi connectivity index (χ4n) is 2.92. The van der Waals surface area contributed by atoms with Crippen LogP contribution in [0.1, 0.15) is 29.1 Å². The molecule has 2 aromatic carbocycles. The van der Waals surface area contributed by atoms with E-state index in [1.807, 2.05) is 0 Å². The number of benzene rings is 2. The molecular formula is C20H15F2N5O2. The Morgan fingerprint density at radius 3 is 2.72 bits per heavy atom. The van der Waals surface area contributed by atoms with E-state index in [4.69, 9.17) is 4.42 Å². The third-order valence-corrected chi connectivity index (χ3v) is 4.35. The van der Waals surface area contributed by atoms with Gasteiger partial charge in [0.15, 0.2) is 0 Å². The number of nitrogens with one attached hydrogen (secondary N) is 1. The van der Waals surface area contributed by atoms with Gasteiger partial charge in [-0.1, -0.05) is 0 Å². The number of carbonyl (C=O) groups is 1. The van der Waals surface area contributed by atoms with Crippen molar-refractivity contribution in [2.45, 2.75) is 13.0 Å². The van der Waals surface area contributed by atoms with Gasteiger partial charge in [0, 0.05) is 17.2 Å². The zero-order chi connectivity index (χ0) is 20.4. The van der Waals surface area contributed by atoms with Crippen LogP contribution in [0.15, 0.2) is 65.5 Å². The molecule has 7 nitrogen and oxygen atoms in total. The maximum Gasteiger partial charge on any atom is 0.251 e. The lowest BCUT2D eigenvalue weighted by Gasteiger charge is -2.14. The average Bonchev–Trinajstić information content (AvgIpc) is 3.41. The van der Waals surface area contributed by atoms with Gasteiger partial charge in [-0.15, -0.1) is 5.10 Å². The number of carbonyl (C=O) groups excluding carboxylic acids is 1. The summed E-state index contributed by atoms with van der Waals surface area (Å²) in [5.74, 6) is -1.23. The van der Waals surface area contributed by atoms with Crippen molar-refractivity contribution in [1.82, 2.24) is 25.5 Å². The van der Waals surface area contributed by atoms with Crippen LogP contribution in [0.25, 0.3) is 16.8 Å². The molecule has 146 valence electrons. The summed E-state index contributed by atoms with van der Waals surface area (Å²) in [4.78, 5) is 12.8. The first-order valence-corrected chi connectivity index (χ1v) is 8.69. The average molecular weight is 395 g/mol. The number of tetrazole rings is 1. The normalized spacial score (nSPS) is 12.0. The monoisotopic (exact) mass is 395 g/mol. The summed E-state index contributed by atoms with van der Waals surface area (Å²) < 4.78 is 34.3. The lowest BCUT2D eigenvalue weighted by molar-refractivity contribution is 0.0935. The van der Waals surface area contributed by atoms with E-state index >= 15 is 0 Å². The number of hydrogen-bond donors (Lipinski definition) is 1. The molecule has 0 saturated heterocycles. The van der Waals surface area contributed by atoms with Gasteiger partial charge in [0.1, 0.15) is 23.7 Å². The molecule has 0 radical (unpaired) electrons. The van der Waals surface area contributed by atoms with E-state index < -0.39 is 17.5 Å². The van der Waals surface area contributed by atoms with Gasteiger partial charge in [-0.3, -0.25) is 4.79 Å². The lowest BCUT2D eigenvalue weighted by Crippen LogP contribution is -2.26. The molecule has 9 heteroatoms. The molecule has 0 aliphatic rings. The van der Waals surface area contributed by atoms with Crippen molar-refractivity contribution in [2.24, 2.45) is 0 Å². The molecule has 0 spiro atoms. The molecule has 4 rings (SSSR count). The highest BCUT2D eigenvalue weighted by Gasteiger charge is 2.17. The summed E-state index contributed by atoms with van der Waals surface area (Å²) in [7, 11) is 0. The first-order chi connectivity index (χ1) is 14.0. The van der Waals surface area contributed by atoms with Crippen LogP contribution >= 0.6 is 0 Å². The number of aromatic nitrogens is 4. The fourth-order valence-corrected chi connectivity index (χ4v) is 2.92. The summed E-state index contributed by atoms with van der Waals surface area (Å²) >= 11 is 0. The van der Waals surface area contributed by atoms with Crippen molar-refractivity contribution in [3.05, 3.63) is 84.1 Å². The second kappa shape index (κ2) is 7.63. The van der Waals surface area contributed by atoms with Gasteiger partial charge < -0.3 is 9.73 Å². The van der Waals surface area contributed by atoms with E-state index in [1.54, 1.807) is 31.2 Å². The van der Waals surface area contributed by atoms with E-state index in [-0.39, 0.29) is 17.2 Å². The second-order valence-corrected chi connectivity index (χ2v) is 6.36. The second-order valence-electron chi connectivity index (χ2n) is 6.36. The van der Waals surface area contributed by atoms with Gasteiger partial charge in [-0.2, -0.15) is 0 Å². The first-order valence-electron chi connectivity index (χ1n) is 8.69. The molecule has 1 unspecified atom stereocenters. The molecule has 1 amide bonds. The van der Waals surface area contributed by atoms with Crippen LogP contribution in [0.3, 0.4) is 0 Å². The van der Waals surface area contributed by atoms with Gasteiger partial charge >= 0.3 is 0 Å². The summed E-state index contributed by atoms with van der Waals surface area (Å²) in [5.41, 5.74) is 1.24. The first kappa shape index (κ1) is 18.5. The Morgan fingerprint density at radius 1 is 1.17 bits per heavy atom. The van der Waals surface area contributed by atoms with Crippen LogP contribution in [0, 0.1) is 11.6 Å². The van der Waals surface area contributed by atoms with Crippen LogP contribution in [-0.4, -0.2) is 26.1 Å². The smallest absolute Gasteiger partial charge is 0.251 e. The molecule has 0 aliphatic carbocycles. The maximum absolute atomic E-state index is 14.3. The predicted molar refractivity (Wildman–Crippen MR) is 99.1 cm³/mol. The van der Waals surface area contributed by atoms with Crippen molar-refractivity contribution >= 4 is 5.91 Å². The third-order valence-electron chi connectivity index (χ3n) is 4.35. The molecular weight excluding hydrogens is 380 g/mol. The van der Waals surface area contributed by atoms with E-state index in [1.165, 1.54) is 29.4 Å². The van der Waals surface area contributed by atoms with Crippen LogP contribution in [0.2, 0.25) is 0 Å². The van der Waals surface area contributed by atoms with E-state index in [2.05, 4.69) is 20.8 Å². The Kier molecular flexibility index (Phi) is 4.86. The minimum atomic E-state index is -0.742. The minimum absolute atomic E-state index is 0.148. The van der Waals surface area contributed by atoms with Gasteiger partial charge in [-0.05, 0) is 65.4 Å². The van der Waals surface area contributed by atoms with Gasteiger partial charge in [0.05, 0.1) is 18.0 Å². The molecule has 0 aliphatic heterocycles. The van der Waals surface area contributed by atoms with E-state index in [0.717, 1.165) is 12.1 Å². The molecule has 0 saturated carbocycles. The largest absolute Gasteiger partial charge is 0.467 e. The van der Waals surface area contributed by atoms with Crippen molar-refractivity contribution in [3.63, 3.8) is 0 Å². The topological polar surface area (TPSA) is 85.8 Å². The molecule has 0 fully saturated rings. The number of nitrogens with zero attached hydrogens (tertiary/aromatic N) is 4. The van der Waals surface area contributed by atoms with Crippen molar-refractivity contribution in [2.75, 3.05) is 0 Å². The van der Waals surface area contributed by atoms with Crippen molar-refractivity contribution < 1.29 is 18.0 Å². The summed E-state index contributed by atoms with van der Waals surface area (Å²) in [6.45, 7) is 1.78. The number of amides is 1. The molecule has 29 heavy (non-hydrogen) atoms. The highest BCUT2D eigenvalue weighted by atomic mass is 19.1. The Bertz CT molecular complexity index is 1140. The fraction of sp³-hybridized carbons (Fsp3) is 0.100. The molecule has 2 aromatic heterocycles. The highest BCUT2D eigenvalue weighted by Crippen LogP contribution is 2.27. The highest BCUT2D eigenvalue weighted by molar-refractivity contribution is 5.96. The number of hydrogen-bond acceptors (Lipinski definition) is 5. The molecule has 4 aromatic rings. The Balaban J connectivity index is 1.75. The van der Waals surface area contributed by atoms with Gasteiger partial charge in [-0.25, -0.2) is 13.5 Å². The Morgan fingerprint density at radius 2 is 2.03 bits per heavy atom. The third kappa shape index (κ3) is 3.88. The predicted octanol–water partition coefficient (Wildman–Crippen LogP) is 3.69. The molecule has 1 N–H and O–H groups in total. The Labute approximate surface area is 164 Å². The number of rotatable bonds is 5. The zero-order valence-electron chi connectivity index (χ0n) is 15.2. The summed E-state index contributed by atoms with van der Waals surface area (Å²) in [5, 5.41) is 13.8.